The number of nitrogens with zero attached hydrogens (tertiary/aromatic N) is 1. The lowest BCUT2D eigenvalue weighted by Crippen LogP contribution is -1.99. The minimum atomic E-state index is -0.983. The zero-order valence-corrected chi connectivity index (χ0v) is 15.6. The van der Waals surface area contributed by atoms with Crippen molar-refractivity contribution in [3.63, 3.8) is 0 Å². The Hall–Kier alpha value is -2.82. The fourth-order valence-corrected chi connectivity index (χ4v) is 3.66. The summed E-state index contributed by atoms with van der Waals surface area (Å²) < 4.78 is 2.18. The van der Waals surface area contributed by atoms with Gasteiger partial charge in [-0.2, -0.15) is 0 Å². The molecular weight excluding hydrogens is 342 g/mol. The van der Waals surface area contributed by atoms with Gasteiger partial charge in [-0.1, -0.05) is 39.0 Å². The van der Waals surface area contributed by atoms with Crippen LogP contribution in [0.15, 0.2) is 36.4 Å². The van der Waals surface area contributed by atoms with Gasteiger partial charge in [0, 0.05) is 28.4 Å². The van der Waals surface area contributed by atoms with Gasteiger partial charge in [-0.05, 0) is 42.8 Å². The number of fused-ring (bicyclic) bond motifs is 3. The molecule has 5 nitrogen and oxygen atoms in total. The van der Waals surface area contributed by atoms with Crippen LogP contribution in [0.3, 0.4) is 0 Å². The smallest absolute Gasteiger partial charge is 0.335 e. The number of rotatable bonds is 9. The summed E-state index contributed by atoms with van der Waals surface area (Å²) in [6.45, 7) is 3.04. The van der Waals surface area contributed by atoms with Crippen LogP contribution in [-0.4, -0.2) is 26.7 Å². The Morgan fingerprint density at radius 3 is 1.74 bits per heavy atom. The highest BCUT2D eigenvalue weighted by atomic mass is 16.4. The molecule has 0 bridgehead atoms. The molecule has 0 atom stereocenters. The van der Waals surface area contributed by atoms with Gasteiger partial charge in [-0.3, -0.25) is 0 Å². The molecular formula is C22H25NO4. The molecule has 5 heteroatoms. The third-order valence-electron chi connectivity index (χ3n) is 5.09. The van der Waals surface area contributed by atoms with Crippen molar-refractivity contribution < 1.29 is 19.8 Å². The van der Waals surface area contributed by atoms with Crippen molar-refractivity contribution in [1.82, 2.24) is 4.57 Å². The first-order valence-corrected chi connectivity index (χ1v) is 9.55. The van der Waals surface area contributed by atoms with E-state index in [0.29, 0.717) is 0 Å². The number of aryl methyl sites for hydroxylation is 1. The van der Waals surface area contributed by atoms with Crippen LogP contribution in [-0.2, 0) is 6.54 Å². The van der Waals surface area contributed by atoms with E-state index in [4.69, 9.17) is 0 Å². The predicted molar refractivity (Wildman–Crippen MR) is 107 cm³/mol. The van der Waals surface area contributed by atoms with Crippen LogP contribution in [0, 0.1) is 0 Å². The first-order chi connectivity index (χ1) is 13.0. The van der Waals surface area contributed by atoms with E-state index >= 15 is 0 Å². The Bertz CT molecular complexity index is 916. The van der Waals surface area contributed by atoms with Crippen LogP contribution in [0.5, 0.6) is 0 Å². The fraction of sp³-hybridized carbons (Fsp3) is 0.364. The van der Waals surface area contributed by atoms with Gasteiger partial charge >= 0.3 is 11.9 Å². The zero-order valence-electron chi connectivity index (χ0n) is 15.6. The number of carboxylic acid groups (broad SMARTS) is 2. The molecule has 3 aromatic rings. The van der Waals surface area contributed by atoms with E-state index < -0.39 is 11.9 Å². The van der Waals surface area contributed by atoms with Gasteiger partial charge in [-0.15, -0.1) is 0 Å². The van der Waals surface area contributed by atoms with Gasteiger partial charge in [0.15, 0.2) is 0 Å². The van der Waals surface area contributed by atoms with E-state index in [1.54, 1.807) is 24.3 Å². The van der Waals surface area contributed by atoms with E-state index in [1.165, 1.54) is 25.7 Å². The SMILES string of the molecule is CCCCCCCCn1c2ccc(C(=O)O)cc2c2cc(C(=O)O)ccc21. The molecule has 142 valence electrons. The third-order valence-corrected chi connectivity index (χ3v) is 5.09. The lowest BCUT2D eigenvalue weighted by atomic mass is 10.1. The topological polar surface area (TPSA) is 79.5 Å². The summed E-state index contributed by atoms with van der Waals surface area (Å²) in [6, 6.07) is 10.2. The molecule has 2 N–H and O–H groups in total. The second-order valence-corrected chi connectivity index (χ2v) is 6.99. The minimum absolute atomic E-state index is 0.210. The number of aromatic carboxylic acids is 2. The molecule has 0 radical (unpaired) electrons. The summed E-state index contributed by atoms with van der Waals surface area (Å²) in [7, 11) is 0. The third kappa shape index (κ3) is 3.97. The van der Waals surface area contributed by atoms with Crippen LogP contribution in [0.25, 0.3) is 21.8 Å². The van der Waals surface area contributed by atoms with Crippen LogP contribution in [0.2, 0.25) is 0 Å². The molecule has 1 heterocycles. The number of carbonyl (C=O) groups is 2. The first-order valence-electron chi connectivity index (χ1n) is 9.55. The van der Waals surface area contributed by atoms with Gasteiger partial charge in [0.25, 0.3) is 0 Å². The molecule has 0 fully saturated rings. The van der Waals surface area contributed by atoms with Crippen LogP contribution < -0.4 is 0 Å². The Morgan fingerprint density at radius 2 is 1.26 bits per heavy atom. The molecule has 0 unspecified atom stereocenters. The lowest BCUT2D eigenvalue weighted by Gasteiger charge is -2.08. The highest BCUT2D eigenvalue weighted by Gasteiger charge is 2.15. The molecule has 0 spiro atoms. The second-order valence-electron chi connectivity index (χ2n) is 6.99. The van der Waals surface area contributed by atoms with E-state index in [-0.39, 0.29) is 11.1 Å². The van der Waals surface area contributed by atoms with Gasteiger partial charge in [-0.25, -0.2) is 9.59 Å². The number of hydrogen-bond donors (Lipinski definition) is 2. The molecule has 3 rings (SSSR count). The highest BCUT2D eigenvalue weighted by molar-refractivity contribution is 6.11. The molecule has 0 amide bonds. The van der Waals surface area contributed by atoms with Crippen molar-refractivity contribution in [2.24, 2.45) is 0 Å². The summed E-state index contributed by atoms with van der Waals surface area (Å²) in [4.78, 5) is 22.7. The Kier molecular flexibility index (Phi) is 5.79. The second kappa shape index (κ2) is 8.25. The largest absolute Gasteiger partial charge is 0.478 e. The first kappa shape index (κ1) is 19.0. The molecule has 0 aliphatic rings. The Labute approximate surface area is 158 Å². The van der Waals surface area contributed by atoms with Crippen molar-refractivity contribution >= 4 is 33.7 Å². The number of unbranched alkanes of at least 4 members (excludes halogenated alkanes) is 5. The molecule has 1 aromatic heterocycles. The monoisotopic (exact) mass is 367 g/mol. The Morgan fingerprint density at radius 1 is 0.778 bits per heavy atom. The Balaban J connectivity index is 2.00. The van der Waals surface area contributed by atoms with Gasteiger partial charge in [0.1, 0.15) is 0 Å². The van der Waals surface area contributed by atoms with Crippen molar-refractivity contribution in [3.8, 4) is 0 Å². The van der Waals surface area contributed by atoms with E-state index in [9.17, 15) is 19.8 Å². The predicted octanol–water partition coefficient (Wildman–Crippen LogP) is 5.55. The molecule has 2 aromatic carbocycles. The van der Waals surface area contributed by atoms with Gasteiger partial charge < -0.3 is 14.8 Å². The maximum atomic E-state index is 11.4. The average molecular weight is 367 g/mol. The van der Waals surface area contributed by atoms with Crippen LogP contribution in [0.1, 0.15) is 66.2 Å². The maximum absolute atomic E-state index is 11.4. The van der Waals surface area contributed by atoms with Crippen molar-refractivity contribution in [3.05, 3.63) is 47.5 Å². The normalized spacial score (nSPS) is 11.3. The summed E-state index contributed by atoms with van der Waals surface area (Å²) in [5, 5.41) is 20.2. The molecule has 0 saturated heterocycles. The zero-order chi connectivity index (χ0) is 19.4. The average Bonchev–Trinajstić information content (AvgIpc) is 2.97. The lowest BCUT2D eigenvalue weighted by molar-refractivity contribution is 0.0686. The summed E-state index contributed by atoms with van der Waals surface area (Å²) in [6.07, 6.45) is 7.17. The standard InChI is InChI=1S/C22H25NO4/c1-2-3-4-5-6-7-12-23-19-10-8-15(21(24)25)13-17(19)18-14-16(22(26)27)9-11-20(18)23/h8-11,13-14H,2-7,12H2,1H3,(H,24,25)(H,26,27). The molecule has 0 aliphatic carbocycles. The van der Waals surface area contributed by atoms with E-state index in [0.717, 1.165) is 41.2 Å². The van der Waals surface area contributed by atoms with Crippen molar-refractivity contribution in [2.75, 3.05) is 0 Å². The fourth-order valence-electron chi connectivity index (χ4n) is 3.66. The van der Waals surface area contributed by atoms with Gasteiger partial charge in [0.05, 0.1) is 11.1 Å². The van der Waals surface area contributed by atoms with Crippen molar-refractivity contribution in [1.29, 1.82) is 0 Å². The number of benzene rings is 2. The summed E-state index contributed by atoms with van der Waals surface area (Å²) in [5.41, 5.74) is 2.32. The van der Waals surface area contributed by atoms with E-state index in [1.807, 2.05) is 12.1 Å². The van der Waals surface area contributed by atoms with Crippen molar-refractivity contribution in [2.45, 2.75) is 52.0 Å². The number of hydrogen-bond acceptors (Lipinski definition) is 2. The minimum Gasteiger partial charge on any atom is -0.478 e. The van der Waals surface area contributed by atoms with Gasteiger partial charge in [0.2, 0.25) is 0 Å². The molecule has 0 saturated carbocycles. The summed E-state index contributed by atoms with van der Waals surface area (Å²) in [5.74, 6) is -1.97. The number of aromatic nitrogens is 1. The molecule has 27 heavy (non-hydrogen) atoms. The van der Waals surface area contributed by atoms with Crippen LogP contribution in [0.4, 0.5) is 0 Å². The summed E-state index contributed by atoms with van der Waals surface area (Å²) >= 11 is 0. The maximum Gasteiger partial charge on any atom is 0.335 e. The quantitative estimate of drug-likeness (QED) is 0.486. The van der Waals surface area contributed by atoms with Crippen LogP contribution >= 0.6 is 0 Å². The number of carboxylic acids is 2. The highest BCUT2D eigenvalue weighted by Crippen LogP contribution is 2.31. The van der Waals surface area contributed by atoms with E-state index in [2.05, 4.69) is 11.5 Å². The molecule has 0 aliphatic heterocycles.